The molecule has 0 N–H and O–H groups in total. The van der Waals surface area contributed by atoms with Gasteiger partial charge in [0.2, 0.25) is 0 Å². The maximum Gasteiger partial charge on any atom is 0.267 e. The zero-order valence-electron chi connectivity index (χ0n) is 17.2. The molecule has 0 amide bonds. The number of halogens is 2. The molecule has 2 heteroatoms. The lowest BCUT2D eigenvalue weighted by Crippen LogP contribution is -2.31. The molecule has 1 fully saturated rings. The highest BCUT2D eigenvalue weighted by molar-refractivity contribution is 5.75. The van der Waals surface area contributed by atoms with Crippen LogP contribution in [0.4, 0.5) is 8.78 Å². The standard InChI is InChI=1S/C26H34F2/c1-2-3-4-6-9-21-12-14-24(15-13-21)26(20-25(27)28)18-16-23(17-19-26)22-10-7-5-8-11-22/h5,7-8,10-11,16-18,20-21,24H,2-4,6,9,12-15,19H2,1H3. The second kappa shape index (κ2) is 10.2. The molecule has 1 saturated carbocycles. The van der Waals surface area contributed by atoms with Crippen LogP contribution in [0.15, 0.2) is 60.7 Å². The maximum atomic E-state index is 13.4. The Morgan fingerprint density at radius 1 is 1.04 bits per heavy atom. The topological polar surface area (TPSA) is 0 Å². The molecule has 0 spiro atoms. The van der Waals surface area contributed by atoms with E-state index in [9.17, 15) is 8.78 Å². The lowest BCUT2D eigenvalue weighted by molar-refractivity contribution is 0.171. The third-order valence-electron chi connectivity index (χ3n) is 6.81. The van der Waals surface area contributed by atoms with Gasteiger partial charge in [-0.05, 0) is 48.3 Å². The zero-order chi connectivity index (χ0) is 19.8. The zero-order valence-corrected chi connectivity index (χ0v) is 17.2. The largest absolute Gasteiger partial charge is 0.267 e. The Balaban J connectivity index is 1.64. The molecule has 0 aliphatic heterocycles. The summed E-state index contributed by atoms with van der Waals surface area (Å²) in [5.74, 6) is 1.12. The fourth-order valence-electron chi connectivity index (χ4n) is 5.09. The van der Waals surface area contributed by atoms with Gasteiger partial charge < -0.3 is 0 Å². The molecule has 1 aromatic rings. The Morgan fingerprint density at radius 2 is 1.79 bits per heavy atom. The van der Waals surface area contributed by atoms with Crippen molar-refractivity contribution in [2.24, 2.45) is 17.3 Å². The summed E-state index contributed by atoms with van der Waals surface area (Å²) < 4.78 is 26.7. The molecule has 0 bridgehead atoms. The summed E-state index contributed by atoms with van der Waals surface area (Å²) in [5.41, 5.74) is 1.80. The van der Waals surface area contributed by atoms with E-state index in [1.807, 2.05) is 18.2 Å². The molecular weight excluding hydrogens is 350 g/mol. The van der Waals surface area contributed by atoms with Crippen LogP contribution in [0.3, 0.4) is 0 Å². The first-order chi connectivity index (χ1) is 13.6. The molecule has 0 heterocycles. The van der Waals surface area contributed by atoms with Crippen LogP contribution >= 0.6 is 0 Å². The molecule has 2 aliphatic rings. The third-order valence-corrected chi connectivity index (χ3v) is 6.81. The van der Waals surface area contributed by atoms with Crippen molar-refractivity contribution in [3.05, 3.63) is 66.3 Å². The van der Waals surface area contributed by atoms with Gasteiger partial charge in [0.25, 0.3) is 6.08 Å². The number of hydrogen-bond donors (Lipinski definition) is 0. The normalized spacial score (nSPS) is 27.3. The minimum atomic E-state index is -1.54. The number of unbranched alkanes of at least 4 members (excludes halogenated alkanes) is 3. The van der Waals surface area contributed by atoms with E-state index in [4.69, 9.17) is 0 Å². The number of allylic oxidation sites excluding steroid dienone is 5. The highest BCUT2D eigenvalue weighted by Gasteiger charge is 2.38. The van der Waals surface area contributed by atoms with Crippen LogP contribution in [-0.2, 0) is 0 Å². The molecule has 1 aromatic carbocycles. The van der Waals surface area contributed by atoms with Crippen LogP contribution in [0, 0.1) is 17.3 Å². The van der Waals surface area contributed by atoms with E-state index in [1.165, 1.54) is 51.0 Å². The molecule has 0 saturated heterocycles. The minimum Gasteiger partial charge on any atom is -0.174 e. The molecule has 0 aromatic heterocycles. The fraction of sp³-hybridized carbons (Fsp3) is 0.538. The van der Waals surface area contributed by atoms with Crippen LogP contribution in [0.5, 0.6) is 0 Å². The van der Waals surface area contributed by atoms with Crippen molar-refractivity contribution in [3.8, 4) is 0 Å². The van der Waals surface area contributed by atoms with E-state index < -0.39 is 11.5 Å². The second-order valence-electron chi connectivity index (χ2n) is 8.68. The van der Waals surface area contributed by atoms with Gasteiger partial charge in [-0.15, -0.1) is 0 Å². The second-order valence-corrected chi connectivity index (χ2v) is 8.68. The van der Waals surface area contributed by atoms with Crippen molar-refractivity contribution in [2.45, 2.75) is 71.1 Å². The van der Waals surface area contributed by atoms with E-state index in [1.54, 1.807) is 0 Å². The molecule has 2 aliphatic carbocycles. The van der Waals surface area contributed by atoms with Crippen LogP contribution in [0.2, 0.25) is 0 Å². The van der Waals surface area contributed by atoms with Crippen molar-refractivity contribution < 1.29 is 8.78 Å². The van der Waals surface area contributed by atoms with Crippen molar-refractivity contribution >= 4 is 5.57 Å². The Morgan fingerprint density at radius 3 is 2.39 bits per heavy atom. The molecule has 152 valence electrons. The van der Waals surface area contributed by atoms with E-state index in [-0.39, 0.29) is 0 Å². The van der Waals surface area contributed by atoms with Crippen molar-refractivity contribution in [2.75, 3.05) is 0 Å². The summed E-state index contributed by atoms with van der Waals surface area (Å²) in [4.78, 5) is 0. The lowest BCUT2D eigenvalue weighted by Gasteiger charge is -2.41. The van der Waals surface area contributed by atoms with Gasteiger partial charge in [0.15, 0.2) is 0 Å². The van der Waals surface area contributed by atoms with E-state index in [0.29, 0.717) is 12.3 Å². The van der Waals surface area contributed by atoms with Crippen LogP contribution in [-0.4, -0.2) is 0 Å². The molecule has 0 nitrogen and oxygen atoms in total. The summed E-state index contributed by atoms with van der Waals surface area (Å²) in [6.07, 6.45) is 17.8. The predicted octanol–water partition coefficient (Wildman–Crippen LogP) is 8.57. The third kappa shape index (κ3) is 5.43. The monoisotopic (exact) mass is 384 g/mol. The molecular formula is C26H34F2. The number of hydrogen-bond acceptors (Lipinski definition) is 0. The van der Waals surface area contributed by atoms with Gasteiger partial charge in [-0.2, -0.15) is 8.78 Å². The van der Waals surface area contributed by atoms with Crippen molar-refractivity contribution in [1.29, 1.82) is 0 Å². The van der Waals surface area contributed by atoms with Crippen LogP contribution < -0.4 is 0 Å². The van der Waals surface area contributed by atoms with Gasteiger partial charge in [0.1, 0.15) is 0 Å². The maximum absolute atomic E-state index is 13.4. The molecule has 1 atom stereocenters. The molecule has 0 radical (unpaired) electrons. The lowest BCUT2D eigenvalue weighted by atomic mass is 9.63. The first kappa shape index (κ1) is 21.0. The van der Waals surface area contributed by atoms with Gasteiger partial charge in [-0.1, -0.05) is 100 Å². The smallest absolute Gasteiger partial charge is 0.174 e. The Bertz CT molecular complexity index is 688. The predicted molar refractivity (Wildman–Crippen MR) is 115 cm³/mol. The van der Waals surface area contributed by atoms with Crippen LogP contribution in [0.1, 0.15) is 76.7 Å². The average molecular weight is 385 g/mol. The highest BCUT2D eigenvalue weighted by atomic mass is 19.3. The Kier molecular flexibility index (Phi) is 7.65. The van der Waals surface area contributed by atoms with Crippen molar-refractivity contribution in [3.63, 3.8) is 0 Å². The summed E-state index contributed by atoms with van der Waals surface area (Å²) in [5, 5.41) is 0. The van der Waals surface area contributed by atoms with Gasteiger partial charge >= 0.3 is 0 Å². The summed E-state index contributed by atoms with van der Waals surface area (Å²) >= 11 is 0. The Labute approximate surface area is 169 Å². The molecule has 3 rings (SSSR count). The summed E-state index contributed by atoms with van der Waals surface area (Å²) in [7, 11) is 0. The number of benzene rings is 1. The van der Waals surface area contributed by atoms with Crippen molar-refractivity contribution in [1.82, 2.24) is 0 Å². The highest BCUT2D eigenvalue weighted by Crippen LogP contribution is 2.49. The van der Waals surface area contributed by atoms with Gasteiger partial charge in [0, 0.05) is 5.41 Å². The first-order valence-electron chi connectivity index (χ1n) is 11.1. The quantitative estimate of drug-likeness (QED) is 0.394. The van der Waals surface area contributed by atoms with Gasteiger partial charge in [0.05, 0.1) is 0 Å². The average Bonchev–Trinajstić information content (AvgIpc) is 2.72. The minimum absolute atomic E-state index is 0.325. The summed E-state index contributed by atoms with van der Waals surface area (Å²) in [6.45, 7) is 2.25. The summed E-state index contributed by atoms with van der Waals surface area (Å²) in [6, 6.07) is 10.2. The number of rotatable bonds is 8. The Hall–Kier alpha value is -1.70. The van der Waals surface area contributed by atoms with Gasteiger partial charge in [-0.25, -0.2) is 0 Å². The van der Waals surface area contributed by atoms with Gasteiger partial charge in [-0.3, -0.25) is 0 Å². The van der Waals surface area contributed by atoms with E-state index >= 15 is 0 Å². The fourth-order valence-corrected chi connectivity index (χ4v) is 5.09. The van der Waals surface area contributed by atoms with Crippen LogP contribution in [0.25, 0.3) is 5.57 Å². The molecule has 28 heavy (non-hydrogen) atoms. The molecule has 1 unspecified atom stereocenters. The van der Waals surface area contributed by atoms with E-state index in [2.05, 4.69) is 37.3 Å². The van der Waals surface area contributed by atoms with E-state index in [0.717, 1.165) is 29.9 Å². The first-order valence-corrected chi connectivity index (χ1v) is 11.1. The SMILES string of the molecule is CCCCCCC1CCC(C2(C=C(F)F)C=CC(c3ccccc3)=CC2)CC1.